The quantitative estimate of drug-likeness (QED) is 0.340. The zero-order valence-corrected chi connectivity index (χ0v) is 16.7. The van der Waals surface area contributed by atoms with Gasteiger partial charge in [0.1, 0.15) is 29.3 Å². The molecule has 150 valence electrons. The van der Waals surface area contributed by atoms with Gasteiger partial charge in [0.2, 0.25) is 0 Å². The van der Waals surface area contributed by atoms with Crippen LogP contribution in [0.3, 0.4) is 0 Å². The van der Waals surface area contributed by atoms with E-state index >= 15 is 0 Å². The lowest BCUT2D eigenvalue weighted by Crippen LogP contribution is -2.05. The zero-order valence-electron chi connectivity index (χ0n) is 16.7. The van der Waals surface area contributed by atoms with Gasteiger partial charge in [-0.3, -0.25) is 0 Å². The first-order valence-corrected chi connectivity index (χ1v) is 9.89. The Morgan fingerprint density at radius 3 is 2.43 bits per heavy atom. The van der Waals surface area contributed by atoms with Crippen LogP contribution in [0, 0.1) is 0 Å². The SMILES string of the molecule is CCOC(=O)c1c(-c2ccccc2)oc2ccc(OC/C=C/c3ccccc3)cc12. The van der Waals surface area contributed by atoms with Gasteiger partial charge < -0.3 is 13.9 Å². The van der Waals surface area contributed by atoms with Crippen molar-refractivity contribution in [3.05, 3.63) is 96.1 Å². The first-order valence-electron chi connectivity index (χ1n) is 9.89. The maximum absolute atomic E-state index is 12.7. The van der Waals surface area contributed by atoms with Crippen molar-refractivity contribution in [1.29, 1.82) is 0 Å². The summed E-state index contributed by atoms with van der Waals surface area (Å²) in [5, 5.41) is 0.678. The number of ether oxygens (including phenoxy) is 2. The molecule has 0 aliphatic rings. The number of rotatable bonds is 7. The highest BCUT2D eigenvalue weighted by Crippen LogP contribution is 2.36. The third-order valence-electron chi connectivity index (χ3n) is 4.63. The van der Waals surface area contributed by atoms with Crippen LogP contribution in [-0.2, 0) is 4.74 Å². The highest BCUT2D eigenvalue weighted by atomic mass is 16.5. The minimum absolute atomic E-state index is 0.292. The van der Waals surface area contributed by atoms with Crippen molar-refractivity contribution >= 4 is 23.0 Å². The van der Waals surface area contributed by atoms with Crippen LogP contribution in [0.5, 0.6) is 5.75 Å². The molecule has 1 heterocycles. The second-order valence-corrected chi connectivity index (χ2v) is 6.67. The summed E-state index contributed by atoms with van der Waals surface area (Å²) in [7, 11) is 0. The molecule has 0 aliphatic carbocycles. The summed E-state index contributed by atoms with van der Waals surface area (Å²) in [6.07, 6.45) is 3.96. The molecule has 1 aromatic heterocycles. The summed E-state index contributed by atoms with van der Waals surface area (Å²) >= 11 is 0. The van der Waals surface area contributed by atoms with Crippen LogP contribution in [0.15, 0.2) is 89.4 Å². The molecule has 0 aliphatic heterocycles. The summed E-state index contributed by atoms with van der Waals surface area (Å²) in [4.78, 5) is 12.7. The molecule has 4 heteroatoms. The minimum Gasteiger partial charge on any atom is -0.490 e. The number of esters is 1. The summed E-state index contributed by atoms with van der Waals surface area (Å²) in [6.45, 7) is 2.49. The molecule has 0 bridgehead atoms. The van der Waals surface area contributed by atoms with Crippen molar-refractivity contribution in [3.63, 3.8) is 0 Å². The molecule has 0 saturated heterocycles. The number of benzene rings is 3. The van der Waals surface area contributed by atoms with Gasteiger partial charge in [0.15, 0.2) is 0 Å². The molecule has 0 radical (unpaired) electrons. The molecular formula is C26H22O4. The summed E-state index contributed by atoms with van der Waals surface area (Å²) in [5.41, 5.74) is 2.97. The molecule has 0 spiro atoms. The van der Waals surface area contributed by atoms with E-state index in [0.29, 0.717) is 41.3 Å². The largest absolute Gasteiger partial charge is 0.490 e. The Kier molecular flexibility index (Phi) is 5.95. The molecule has 0 atom stereocenters. The van der Waals surface area contributed by atoms with E-state index in [2.05, 4.69) is 0 Å². The van der Waals surface area contributed by atoms with Gasteiger partial charge in [0, 0.05) is 10.9 Å². The average molecular weight is 398 g/mol. The van der Waals surface area contributed by atoms with Gasteiger partial charge in [-0.15, -0.1) is 0 Å². The van der Waals surface area contributed by atoms with Gasteiger partial charge in [0.25, 0.3) is 0 Å². The lowest BCUT2D eigenvalue weighted by atomic mass is 10.1. The molecule has 3 aromatic carbocycles. The molecule has 0 amide bonds. The number of hydrogen-bond donors (Lipinski definition) is 0. The van der Waals surface area contributed by atoms with Gasteiger partial charge in [0.05, 0.1) is 6.61 Å². The fraction of sp³-hybridized carbons (Fsp3) is 0.115. The van der Waals surface area contributed by atoms with Crippen molar-refractivity contribution in [3.8, 4) is 17.1 Å². The number of furan rings is 1. The van der Waals surface area contributed by atoms with E-state index < -0.39 is 5.97 Å². The molecule has 4 rings (SSSR count). The predicted molar refractivity (Wildman–Crippen MR) is 119 cm³/mol. The summed E-state index contributed by atoms with van der Waals surface area (Å²) in [5.74, 6) is 0.757. The van der Waals surface area contributed by atoms with Crippen LogP contribution in [0.1, 0.15) is 22.8 Å². The van der Waals surface area contributed by atoms with E-state index in [9.17, 15) is 4.79 Å². The van der Waals surface area contributed by atoms with E-state index in [0.717, 1.165) is 11.1 Å². The fourth-order valence-electron chi connectivity index (χ4n) is 3.26. The molecule has 4 aromatic rings. The number of hydrogen-bond acceptors (Lipinski definition) is 4. The van der Waals surface area contributed by atoms with Gasteiger partial charge in [-0.25, -0.2) is 4.79 Å². The molecule has 4 nitrogen and oxygen atoms in total. The van der Waals surface area contributed by atoms with Crippen LogP contribution in [-0.4, -0.2) is 19.2 Å². The van der Waals surface area contributed by atoms with Crippen LogP contribution < -0.4 is 4.74 Å². The van der Waals surface area contributed by atoms with E-state index in [1.165, 1.54) is 0 Å². The van der Waals surface area contributed by atoms with Gasteiger partial charge in [-0.05, 0) is 36.8 Å². The lowest BCUT2D eigenvalue weighted by Gasteiger charge is -2.05. The second-order valence-electron chi connectivity index (χ2n) is 6.67. The van der Waals surface area contributed by atoms with Crippen LogP contribution in [0.4, 0.5) is 0 Å². The summed E-state index contributed by atoms with van der Waals surface area (Å²) in [6, 6.07) is 25.1. The third-order valence-corrected chi connectivity index (χ3v) is 4.63. The topological polar surface area (TPSA) is 48.7 Å². The first-order chi connectivity index (χ1) is 14.8. The highest BCUT2D eigenvalue weighted by molar-refractivity contribution is 6.09. The Hall–Kier alpha value is -3.79. The third kappa shape index (κ3) is 4.28. The number of carbonyl (C=O) groups excluding carboxylic acids is 1. The van der Waals surface area contributed by atoms with E-state index in [1.807, 2.05) is 91.0 Å². The van der Waals surface area contributed by atoms with Crippen LogP contribution >= 0.6 is 0 Å². The normalized spacial score (nSPS) is 11.1. The fourth-order valence-corrected chi connectivity index (χ4v) is 3.26. The van der Waals surface area contributed by atoms with Crippen molar-refractivity contribution in [1.82, 2.24) is 0 Å². The Bertz CT molecular complexity index is 1160. The van der Waals surface area contributed by atoms with Crippen molar-refractivity contribution in [2.24, 2.45) is 0 Å². The number of fused-ring (bicyclic) bond motifs is 1. The van der Waals surface area contributed by atoms with Crippen LogP contribution in [0.2, 0.25) is 0 Å². The summed E-state index contributed by atoms with van der Waals surface area (Å²) < 4.78 is 17.2. The second kappa shape index (κ2) is 9.14. The smallest absolute Gasteiger partial charge is 0.342 e. The molecule has 0 saturated carbocycles. The predicted octanol–water partition coefficient (Wildman–Crippen LogP) is 6.37. The van der Waals surface area contributed by atoms with E-state index in [1.54, 1.807) is 6.92 Å². The molecule has 0 unspecified atom stereocenters. The van der Waals surface area contributed by atoms with Gasteiger partial charge >= 0.3 is 5.97 Å². The van der Waals surface area contributed by atoms with Gasteiger partial charge in [-0.1, -0.05) is 66.7 Å². The standard InChI is InChI=1S/C26H22O4/c1-2-28-26(27)24-22-18-21(29-17-9-12-19-10-5-3-6-11-19)15-16-23(22)30-25(24)20-13-7-4-8-14-20/h3-16,18H,2,17H2,1H3/b12-9+. The monoisotopic (exact) mass is 398 g/mol. The van der Waals surface area contributed by atoms with Crippen molar-refractivity contribution in [2.45, 2.75) is 6.92 Å². The van der Waals surface area contributed by atoms with Crippen molar-refractivity contribution < 1.29 is 18.7 Å². The maximum atomic E-state index is 12.7. The van der Waals surface area contributed by atoms with E-state index in [-0.39, 0.29) is 0 Å². The van der Waals surface area contributed by atoms with E-state index in [4.69, 9.17) is 13.9 Å². The molecule has 30 heavy (non-hydrogen) atoms. The molecular weight excluding hydrogens is 376 g/mol. The Morgan fingerprint density at radius 1 is 0.967 bits per heavy atom. The highest BCUT2D eigenvalue weighted by Gasteiger charge is 2.23. The Balaban J connectivity index is 1.63. The lowest BCUT2D eigenvalue weighted by molar-refractivity contribution is 0.0529. The minimum atomic E-state index is -0.406. The van der Waals surface area contributed by atoms with Crippen LogP contribution in [0.25, 0.3) is 28.4 Å². The zero-order chi connectivity index (χ0) is 20.8. The first kappa shape index (κ1) is 19.5. The number of carbonyl (C=O) groups is 1. The average Bonchev–Trinajstić information content (AvgIpc) is 3.17. The molecule has 0 N–H and O–H groups in total. The van der Waals surface area contributed by atoms with Gasteiger partial charge in [-0.2, -0.15) is 0 Å². The van der Waals surface area contributed by atoms with Crippen molar-refractivity contribution in [2.75, 3.05) is 13.2 Å². The Labute approximate surface area is 175 Å². The Morgan fingerprint density at radius 2 is 1.70 bits per heavy atom. The molecule has 0 fully saturated rings. The maximum Gasteiger partial charge on any atom is 0.342 e.